The Hall–Kier alpha value is -1.61. The number of allylic oxidation sites excluding steroid dienone is 1. The van der Waals surface area contributed by atoms with E-state index in [1.165, 1.54) is 19.3 Å². The Morgan fingerprint density at radius 2 is 2.18 bits per heavy atom. The number of hydrogen-bond donors (Lipinski definition) is 2. The Morgan fingerprint density at radius 3 is 2.86 bits per heavy atom. The highest BCUT2D eigenvalue weighted by atomic mass is 16.4. The number of hydrogen-bond acceptors (Lipinski definition) is 2. The Kier molecular flexibility index (Phi) is 5.41. The molecule has 0 saturated heterocycles. The SMILES string of the molecule is CCCCC/C=C/[C@@H]1CCc2ccc(C(=O)O)cc2[C@]1(C)O. The number of aromatic carboxylic acids is 1. The molecule has 0 saturated carbocycles. The average molecular weight is 302 g/mol. The molecule has 3 nitrogen and oxygen atoms in total. The van der Waals surface area contributed by atoms with Gasteiger partial charge in [0.15, 0.2) is 0 Å². The van der Waals surface area contributed by atoms with Crippen LogP contribution in [-0.2, 0) is 12.0 Å². The lowest BCUT2D eigenvalue weighted by Gasteiger charge is -2.37. The molecule has 1 aromatic carbocycles. The second-order valence-electron chi connectivity index (χ2n) is 6.39. The van der Waals surface area contributed by atoms with E-state index in [1.54, 1.807) is 19.1 Å². The van der Waals surface area contributed by atoms with Gasteiger partial charge in [-0.05, 0) is 55.9 Å². The largest absolute Gasteiger partial charge is 0.478 e. The number of rotatable bonds is 6. The van der Waals surface area contributed by atoms with Crippen LogP contribution in [0.4, 0.5) is 0 Å². The number of fused-ring (bicyclic) bond motifs is 1. The molecule has 3 heteroatoms. The van der Waals surface area contributed by atoms with Gasteiger partial charge in [-0.2, -0.15) is 0 Å². The molecule has 0 radical (unpaired) electrons. The summed E-state index contributed by atoms with van der Waals surface area (Å²) in [7, 11) is 0. The lowest BCUT2D eigenvalue weighted by molar-refractivity contribution is 0.00264. The van der Waals surface area contributed by atoms with Crippen LogP contribution in [-0.4, -0.2) is 16.2 Å². The summed E-state index contributed by atoms with van der Waals surface area (Å²) in [5.41, 5.74) is 1.07. The molecule has 2 rings (SSSR count). The van der Waals surface area contributed by atoms with Crippen LogP contribution in [0.15, 0.2) is 30.4 Å². The van der Waals surface area contributed by atoms with E-state index in [-0.39, 0.29) is 11.5 Å². The highest BCUT2D eigenvalue weighted by Gasteiger charge is 2.37. The molecule has 22 heavy (non-hydrogen) atoms. The second kappa shape index (κ2) is 7.10. The number of carboxylic acids is 1. The van der Waals surface area contributed by atoms with Crippen LogP contribution in [0.25, 0.3) is 0 Å². The fourth-order valence-electron chi connectivity index (χ4n) is 3.25. The van der Waals surface area contributed by atoms with Gasteiger partial charge in [-0.1, -0.05) is 38.0 Å². The first-order valence-corrected chi connectivity index (χ1v) is 8.22. The Balaban J connectivity index is 2.18. The van der Waals surface area contributed by atoms with Crippen molar-refractivity contribution in [3.05, 3.63) is 47.0 Å². The number of carboxylic acid groups (broad SMARTS) is 1. The predicted octanol–water partition coefficient (Wildman–Crippen LogP) is 4.29. The second-order valence-corrected chi connectivity index (χ2v) is 6.39. The van der Waals surface area contributed by atoms with E-state index in [4.69, 9.17) is 5.11 Å². The zero-order chi connectivity index (χ0) is 16.2. The van der Waals surface area contributed by atoms with Gasteiger partial charge >= 0.3 is 5.97 Å². The van der Waals surface area contributed by atoms with Gasteiger partial charge in [0, 0.05) is 5.92 Å². The summed E-state index contributed by atoms with van der Waals surface area (Å²) in [4.78, 5) is 11.2. The molecule has 1 aliphatic carbocycles. The lowest BCUT2D eigenvalue weighted by Crippen LogP contribution is -2.36. The molecule has 2 atom stereocenters. The van der Waals surface area contributed by atoms with Gasteiger partial charge in [0.2, 0.25) is 0 Å². The van der Waals surface area contributed by atoms with Gasteiger partial charge in [-0.25, -0.2) is 4.79 Å². The van der Waals surface area contributed by atoms with E-state index >= 15 is 0 Å². The molecule has 1 aliphatic rings. The summed E-state index contributed by atoms with van der Waals surface area (Å²) in [5.74, 6) is -0.901. The fourth-order valence-corrected chi connectivity index (χ4v) is 3.25. The van der Waals surface area contributed by atoms with Crippen molar-refractivity contribution in [2.24, 2.45) is 5.92 Å². The van der Waals surface area contributed by atoms with Crippen molar-refractivity contribution < 1.29 is 15.0 Å². The summed E-state index contributed by atoms with van der Waals surface area (Å²) in [5, 5.41) is 20.1. The minimum atomic E-state index is -1.000. The maximum Gasteiger partial charge on any atom is 0.335 e. The van der Waals surface area contributed by atoms with E-state index in [0.29, 0.717) is 0 Å². The molecule has 0 heterocycles. The number of unbranched alkanes of at least 4 members (excludes halogenated alkanes) is 3. The molecule has 0 aromatic heterocycles. The zero-order valence-corrected chi connectivity index (χ0v) is 13.5. The Labute approximate surface area is 132 Å². The molecule has 0 aliphatic heterocycles. The van der Waals surface area contributed by atoms with E-state index in [0.717, 1.165) is 30.4 Å². The van der Waals surface area contributed by atoms with E-state index in [9.17, 15) is 9.90 Å². The number of carbonyl (C=O) groups is 1. The van der Waals surface area contributed by atoms with Crippen molar-refractivity contribution in [1.82, 2.24) is 0 Å². The van der Waals surface area contributed by atoms with Gasteiger partial charge in [-0.3, -0.25) is 0 Å². The highest BCUT2D eigenvalue weighted by molar-refractivity contribution is 5.88. The summed E-state index contributed by atoms with van der Waals surface area (Å²) < 4.78 is 0. The molecular formula is C19H26O3. The lowest BCUT2D eigenvalue weighted by atomic mass is 9.72. The first-order chi connectivity index (χ1) is 10.5. The predicted molar refractivity (Wildman–Crippen MR) is 88.1 cm³/mol. The zero-order valence-electron chi connectivity index (χ0n) is 13.5. The van der Waals surface area contributed by atoms with Crippen molar-refractivity contribution in [2.75, 3.05) is 0 Å². The van der Waals surface area contributed by atoms with Crippen LogP contribution in [0.1, 0.15) is 67.4 Å². The highest BCUT2D eigenvalue weighted by Crippen LogP contribution is 2.40. The minimum absolute atomic E-state index is 0.0469. The van der Waals surface area contributed by atoms with Crippen LogP contribution in [0, 0.1) is 5.92 Å². The maximum atomic E-state index is 11.2. The van der Waals surface area contributed by atoms with Crippen molar-refractivity contribution in [3.63, 3.8) is 0 Å². The van der Waals surface area contributed by atoms with Crippen molar-refractivity contribution >= 4 is 5.97 Å². The van der Waals surface area contributed by atoms with Gasteiger partial charge in [0.25, 0.3) is 0 Å². The van der Waals surface area contributed by atoms with Crippen LogP contribution in [0.2, 0.25) is 0 Å². The molecule has 1 aromatic rings. The topological polar surface area (TPSA) is 57.5 Å². The van der Waals surface area contributed by atoms with Gasteiger partial charge in [0.1, 0.15) is 0 Å². The summed E-state index contributed by atoms with van der Waals surface area (Å²) in [6.45, 7) is 3.99. The van der Waals surface area contributed by atoms with E-state index in [2.05, 4.69) is 19.1 Å². The van der Waals surface area contributed by atoms with Crippen molar-refractivity contribution in [3.8, 4) is 0 Å². The molecule has 0 bridgehead atoms. The van der Waals surface area contributed by atoms with E-state index in [1.807, 2.05) is 6.07 Å². The average Bonchev–Trinajstić information content (AvgIpc) is 2.48. The fraction of sp³-hybridized carbons (Fsp3) is 0.526. The number of aliphatic hydroxyl groups is 1. The normalized spacial score (nSPS) is 24.4. The molecular weight excluding hydrogens is 276 g/mol. The molecule has 0 fully saturated rings. The third-order valence-corrected chi connectivity index (χ3v) is 4.69. The van der Waals surface area contributed by atoms with Crippen LogP contribution < -0.4 is 0 Å². The summed E-state index contributed by atoms with van der Waals surface area (Å²) in [6.07, 6.45) is 10.7. The van der Waals surface area contributed by atoms with Gasteiger partial charge in [0.05, 0.1) is 11.2 Å². The Morgan fingerprint density at radius 1 is 1.41 bits per heavy atom. The van der Waals surface area contributed by atoms with E-state index < -0.39 is 11.6 Å². The first kappa shape index (κ1) is 16.8. The molecule has 0 spiro atoms. The van der Waals surface area contributed by atoms with Crippen LogP contribution in [0.3, 0.4) is 0 Å². The molecule has 0 unspecified atom stereocenters. The number of aryl methyl sites for hydroxylation is 1. The third kappa shape index (κ3) is 3.58. The smallest absolute Gasteiger partial charge is 0.335 e. The molecule has 120 valence electrons. The van der Waals surface area contributed by atoms with Gasteiger partial charge in [-0.15, -0.1) is 0 Å². The summed E-state index contributed by atoms with van der Waals surface area (Å²) in [6, 6.07) is 5.10. The maximum absolute atomic E-state index is 11.2. The molecule has 2 N–H and O–H groups in total. The van der Waals surface area contributed by atoms with Crippen LogP contribution in [0.5, 0.6) is 0 Å². The van der Waals surface area contributed by atoms with Crippen molar-refractivity contribution in [2.45, 2.75) is 58.0 Å². The monoisotopic (exact) mass is 302 g/mol. The third-order valence-electron chi connectivity index (χ3n) is 4.69. The quantitative estimate of drug-likeness (QED) is 0.609. The van der Waals surface area contributed by atoms with Crippen molar-refractivity contribution in [1.29, 1.82) is 0 Å². The number of benzene rings is 1. The first-order valence-electron chi connectivity index (χ1n) is 8.22. The molecule has 0 amide bonds. The van der Waals surface area contributed by atoms with Crippen LogP contribution >= 0.6 is 0 Å². The minimum Gasteiger partial charge on any atom is -0.478 e. The Bertz CT molecular complexity index is 558. The standard InChI is InChI=1S/C19H26O3/c1-3-4-5-6-7-8-16-12-11-14-9-10-15(18(20)21)13-17(14)19(16,2)22/h7-10,13,16,22H,3-6,11-12H2,1-2H3,(H,20,21)/b8-7+/t16-,19-/m1/s1. The summed E-state index contributed by atoms with van der Waals surface area (Å²) >= 11 is 0. The van der Waals surface area contributed by atoms with Gasteiger partial charge < -0.3 is 10.2 Å².